The molecule has 1 aromatic carbocycles. The van der Waals surface area contributed by atoms with Crippen LogP contribution < -0.4 is 5.32 Å². The van der Waals surface area contributed by atoms with E-state index in [1.807, 2.05) is 6.92 Å². The van der Waals surface area contributed by atoms with Crippen LogP contribution >= 0.6 is 0 Å². The molecule has 1 aromatic rings. The Kier molecular flexibility index (Phi) is 2.93. The number of hydrogen-bond donors (Lipinski definition) is 1. The Bertz CT molecular complexity index is 374. The van der Waals surface area contributed by atoms with Gasteiger partial charge in [-0.2, -0.15) is 0 Å². The van der Waals surface area contributed by atoms with E-state index in [1.54, 1.807) is 0 Å². The molecule has 0 aliphatic carbocycles. The summed E-state index contributed by atoms with van der Waals surface area (Å²) >= 11 is 0. The van der Waals surface area contributed by atoms with Gasteiger partial charge in [0.2, 0.25) is 0 Å². The second kappa shape index (κ2) is 4.09. The zero-order chi connectivity index (χ0) is 11.8. The summed E-state index contributed by atoms with van der Waals surface area (Å²) in [6.07, 6.45) is 2.54. The number of nitrogens with one attached hydrogen (secondary N) is 1. The molecule has 1 heterocycles. The van der Waals surface area contributed by atoms with E-state index in [-0.39, 0.29) is 5.54 Å². The van der Waals surface area contributed by atoms with Gasteiger partial charge in [0.1, 0.15) is 0 Å². The molecule has 1 atom stereocenters. The Morgan fingerprint density at radius 2 is 1.88 bits per heavy atom. The van der Waals surface area contributed by atoms with Crippen molar-refractivity contribution in [1.29, 1.82) is 0 Å². The molecule has 16 heavy (non-hydrogen) atoms. The fourth-order valence-electron chi connectivity index (χ4n) is 2.27. The predicted molar refractivity (Wildman–Crippen MR) is 55.7 cm³/mol. The quantitative estimate of drug-likeness (QED) is 0.769. The van der Waals surface area contributed by atoms with Crippen molar-refractivity contribution in [2.45, 2.75) is 31.7 Å². The van der Waals surface area contributed by atoms with Crippen LogP contribution in [0.4, 0.5) is 13.2 Å². The molecule has 0 amide bonds. The molecule has 0 spiro atoms. The van der Waals surface area contributed by atoms with Gasteiger partial charge in [-0.05, 0) is 50.4 Å². The van der Waals surface area contributed by atoms with Gasteiger partial charge in [0.15, 0.2) is 17.5 Å². The minimum absolute atomic E-state index is 0.128. The van der Waals surface area contributed by atoms with Crippen molar-refractivity contribution in [1.82, 2.24) is 5.32 Å². The first-order valence-electron chi connectivity index (χ1n) is 5.39. The molecule has 1 unspecified atom stereocenters. The average Bonchev–Trinajstić information content (AvgIpc) is 2.61. The van der Waals surface area contributed by atoms with Crippen molar-refractivity contribution < 1.29 is 13.2 Å². The van der Waals surface area contributed by atoms with Gasteiger partial charge in [0, 0.05) is 5.54 Å². The molecule has 0 radical (unpaired) electrons. The largest absolute Gasteiger partial charge is 0.311 e. The fraction of sp³-hybridized carbons (Fsp3) is 0.500. The maximum absolute atomic E-state index is 13.0. The fourth-order valence-corrected chi connectivity index (χ4v) is 2.27. The average molecular weight is 229 g/mol. The maximum Gasteiger partial charge on any atom is 0.194 e. The summed E-state index contributed by atoms with van der Waals surface area (Å²) in [7, 11) is 0. The maximum atomic E-state index is 13.0. The van der Waals surface area contributed by atoms with Crippen LogP contribution in [0.1, 0.15) is 25.3 Å². The van der Waals surface area contributed by atoms with Crippen molar-refractivity contribution in [3.63, 3.8) is 0 Å². The lowest BCUT2D eigenvalue weighted by molar-refractivity contribution is 0.405. The molecule has 1 aliphatic heterocycles. The molecular weight excluding hydrogens is 215 g/mol. The summed E-state index contributed by atoms with van der Waals surface area (Å²) in [4.78, 5) is 0. The van der Waals surface area contributed by atoms with Crippen molar-refractivity contribution in [3.8, 4) is 0 Å². The first kappa shape index (κ1) is 11.5. The van der Waals surface area contributed by atoms with Crippen LogP contribution in [-0.2, 0) is 6.42 Å². The Labute approximate surface area is 92.7 Å². The second-order valence-corrected chi connectivity index (χ2v) is 4.64. The standard InChI is InChI=1S/C12H14F3N/c1-12(3-2-4-16-12)7-8-5-9(13)11(15)10(14)6-8/h5-6,16H,2-4,7H2,1H3. The van der Waals surface area contributed by atoms with Gasteiger partial charge < -0.3 is 5.32 Å². The molecule has 1 nitrogen and oxygen atoms in total. The number of rotatable bonds is 2. The van der Waals surface area contributed by atoms with E-state index in [0.717, 1.165) is 31.5 Å². The number of hydrogen-bond acceptors (Lipinski definition) is 1. The predicted octanol–water partition coefficient (Wildman–Crippen LogP) is 2.79. The third kappa shape index (κ3) is 2.21. The highest BCUT2D eigenvalue weighted by Gasteiger charge is 2.28. The highest BCUT2D eigenvalue weighted by molar-refractivity contribution is 5.22. The molecular formula is C12H14F3N. The molecule has 0 saturated carbocycles. The van der Waals surface area contributed by atoms with E-state index in [4.69, 9.17) is 0 Å². The topological polar surface area (TPSA) is 12.0 Å². The molecule has 0 aromatic heterocycles. The molecule has 4 heteroatoms. The second-order valence-electron chi connectivity index (χ2n) is 4.64. The zero-order valence-corrected chi connectivity index (χ0v) is 9.12. The van der Waals surface area contributed by atoms with Gasteiger partial charge >= 0.3 is 0 Å². The van der Waals surface area contributed by atoms with Gasteiger partial charge in [0.25, 0.3) is 0 Å². The van der Waals surface area contributed by atoms with Crippen LogP contribution in [0, 0.1) is 17.5 Å². The van der Waals surface area contributed by atoms with Crippen LogP contribution in [0.3, 0.4) is 0 Å². The third-order valence-electron chi connectivity index (χ3n) is 3.09. The molecule has 1 N–H and O–H groups in total. The Morgan fingerprint density at radius 1 is 1.25 bits per heavy atom. The van der Waals surface area contributed by atoms with E-state index in [0.29, 0.717) is 12.0 Å². The Morgan fingerprint density at radius 3 is 2.38 bits per heavy atom. The van der Waals surface area contributed by atoms with E-state index in [9.17, 15) is 13.2 Å². The highest BCUT2D eigenvalue weighted by atomic mass is 19.2. The van der Waals surface area contributed by atoms with Crippen LogP contribution in [0.5, 0.6) is 0 Å². The van der Waals surface area contributed by atoms with E-state index < -0.39 is 17.5 Å². The summed E-state index contributed by atoms with van der Waals surface area (Å²) in [5, 5.41) is 3.30. The van der Waals surface area contributed by atoms with Crippen LogP contribution in [0.15, 0.2) is 12.1 Å². The minimum atomic E-state index is -1.40. The Hall–Kier alpha value is -1.03. The van der Waals surface area contributed by atoms with Crippen molar-refractivity contribution in [2.24, 2.45) is 0 Å². The summed E-state index contributed by atoms with van der Waals surface area (Å²) < 4.78 is 38.8. The van der Waals surface area contributed by atoms with E-state index in [1.165, 1.54) is 0 Å². The lowest BCUT2D eigenvalue weighted by Crippen LogP contribution is -2.38. The van der Waals surface area contributed by atoms with E-state index >= 15 is 0 Å². The van der Waals surface area contributed by atoms with Gasteiger partial charge in [0.05, 0.1) is 0 Å². The van der Waals surface area contributed by atoms with Gasteiger partial charge in [-0.1, -0.05) is 0 Å². The highest BCUT2D eigenvalue weighted by Crippen LogP contribution is 2.24. The van der Waals surface area contributed by atoms with Gasteiger partial charge in [-0.3, -0.25) is 0 Å². The summed E-state index contributed by atoms with van der Waals surface area (Å²) in [5.74, 6) is -3.62. The number of halogens is 3. The molecule has 88 valence electrons. The lowest BCUT2D eigenvalue weighted by atomic mass is 9.91. The van der Waals surface area contributed by atoms with Crippen LogP contribution in [0.25, 0.3) is 0 Å². The first-order valence-corrected chi connectivity index (χ1v) is 5.39. The molecule has 1 fully saturated rings. The van der Waals surface area contributed by atoms with Crippen molar-refractivity contribution in [2.75, 3.05) is 6.54 Å². The molecule has 0 bridgehead atoms. The lowest BCUT2D eigenvalue weighted by Gasteiger charge is -2.24. The molecule has 1 saturated heterocycles. The Balaban J connectivity index is 2.22. The number of benzene rings is 1. The molecule has 2 rings (SSSR count). The van der Waals surface area contributed by atoms with Crippen LogP contribution in [-0.4, -0.2) is 12.1 Å². The van der Waals surface area contributed by atoms with Crippen molar-refractivity contribution in [3.05, 3.63) is 35.1 Å². The SMILES string of the molecule is CC1(Cc2cc(F)c(F)c(F)c2)CCCN1. The van der Waals surface area contributed by atoms with Crippen molar-refractivity contribution >= 4 is 0 Å². The van der Waals surface area contributed by atoms with Gasteiger partial charge in [-0.15, -0.1) is 0 Å². The van der Waals surface area contributed by atoms with E-state index in [2.05, 4.69) is 5.32 Å². The first-order chi connectivity index (χ1) is 7.50. The summed E-state index contributed by atoms with van der Waals surface area (Å²) in [6, 6.07) is 2.15. The smallest absolute Gasteiger partial charge is 0.194 e. The van der Waals surface area contributed by atoms with Gasteiger partial charge in [-0.25, -0.2) is 13.2 Å². The molecule has 1 aliphatic rings. The third-order valence-corrected chi connectivity index (χ3v) is 3.09. The summed E-state index contributed by atoms with van der Waals surface area (Å²) in [6.45, 7) is 2.93. The summed E-state index contributed by atoms with van der Waals surface area (Å²) in [5.41, 5.74) is 0.366. The minimum Gasteiger partial charge on any atom is -0.311 e. The monoisotopic (exact) mass is 229 g/mol. The normalized spacial score (nSPS) is 25.0. The zero-order valence-electron chi connectivity index (χ0n) is 9.12. The van der Waals surface area contributed by atoms with Crippen LogP contribution in [0.2, 0.25) is 0 Å².